The van der Waals surface area contributed by atoms with Gasteiger partial charge in [-0.2, -0.15) is 0 Å². The Morgan fingerprint density at radius 1 is 1.30 bits per heavy atom. The monoisotopic (exact) mass is 497 g/mol. The summed E-state index contributed by atoms with van der Waals surface area (Å²) >= 11 is 0. The number of carbonyl (C=O) groups excluding carboxylic acids is 1. The van der Waals surface area contributed by atoms with E-state index in [4.69, 9.17) is 4.74 Å². The molecule has 0 spiro atoms. The molecule has 0 aromatic carbocycles. The summed E-state index contributed by atoms with van der Waals surface area (Å²) in [5.74, 6) is 0.736. The molecule has 0 aromatic rings. The van der Waals surface area contributed by atoms with Crippen LogP contribution in [-0.4, -0.2) is 87.2 Å². The quantitative estimate of drug-likeness (QED) is 0.198. The Labute approximate surface area is 182 Å². The SMILES string of the molecule is CCN1CCCC1CNC(=NCC(=O)N(C)C)NCCCCOC(C)C.I. The van der Waals surface area contributed by atoms with Crippen molar-refractivity contribution in [3.8, 4) is 0 Å². The Hall–Kier alpha value is -0.610. The highest BCUT2D eigenvalue weighted by molar-refractivity contribution is 14.0. The second-order valence-electron chi connectivity index (χ2n) is 7.31. The molecule has 8 heteroatoms. The Morgan fingerprint density at radius 3 is 2.67 bits per heavy atom. The number of likely N-dealkylation sites (tertiary alicyclic amines) is 1. The third kappa shape index (κ3) is 11.7. The lowest BCUT2D eigenvalue weighted by molar-refractivity contribution is -0.127. The molecule has 1 saturated heterocycles. The molecule has 0 radical (unpaired) electrons. The van der Waals surface area contributed by atoms with Crippen LogP contribution in [0.1, 0.15) is 46.5 Å². The maximum atomic E-state index is 11.8. The zero-order chi connectivity index (χ0) is 19.4. The molecule has 0 aliphatic carbocycles. The van der Waals surface area contributed by atoms with Crippen molar-refractivity contribution in [3.63, 3.8) is 0 Å². The van der Waals surface area contributed by atoms with Crippen LogP contribution in [0.2, 0.25) is 0 Å². The number of rotatable bonds is 11. The smallest absolute Gasteiger partial charge is 0.243 e. The summed E-state index contributed by atoms with van der Waals surface area (Å²) < 4.78 is 5.56. The minimum Gasteiger partial charge on any atom is -0.379 e. The van der Waals surface area contributed by atoms with Gasteiger partial charge in [0.25, 0.3) is 0 Å². The number of likely N-dealkylation sites (N-methyl/N-ethyl adjacent to an activating group) is 2. The van der Waals surface area contributed by atoms with Crippen LogP contribution in [0, 0.1) is 0 Å². The predicted octanol–water partition coefficient (Wildman–Crippen LogP) is 1.92. The molecule has 160 valence electrons. The first-order chi connectivity index (χ1) is 12.4. The van der Waals surface area contributed by atoms with Gasteiger partial charge in [0, 0.05) is 39.8 Å². The Kier molecular flexibility index (Phi) is 15.0. The lowest BCUT2D eigenvalue weighted by atomic mass is 10.2. The first-order valence-corrected chi connectivity index (χ1v) is 10.0. The molecule has 1 fully saturated rings. The molecule has 7 nitrogen and oxygen atoms in total. The summed E-state index contributed by atoms with van der Waals surface area (Å²) in [5.41, 5.74) is 0. The van der Waals surface area contributed by atoms with Crippen LogP contribution in [0.5, 0.6) is 0 Å². The summed E-state index contributed by atoms with van der Waals surface area (Å²) in [5, 5.41) is 6.78. The van der Waals surface area contributed by atoms with E-state index in [0.717, 1.165) is 45.0 Å². The highest BCUT2D eigenvalue weighted by atomic mass is 127. The van der Waals surface area contributed by atoms with E-state index >= 15 is 0 Å². The minimum absolute atomic E-state index is 0. The van der Waals surface area contributed by atoms with Crippen LogP contribution >= 0.6 is 24.0 Å². The van der Waals surface area contributed by atoms with Crippen molar-refractivity contribution in [1.82, 2.24) is 20.4 Å². The van der Waals surface area contributed by atoms with Crippen LogP contribution in [0.15, 0.2) is 4.99 Å². The molecule has 1 heterocycles. The normalized spacial score (nSPS) is 17.7. The number of nitrogens with one attached hydrogen (secondary N) is 2. The molecule has 1 atom stereocenters. The van der Waals surface area contributed by atoms with Crippen molar-refractivity contribution in [3.05, 3.63) is 0 Å². The molecular weight excluding hydrogens is 457 g/mol. The van der Waals surface area contributed by atoms with Gasteiger partial charge in [0.1, 0.15) is 6.54 Å². The van der Waals surface area contributed by atoms with Crippen molar-refractivity contribution >= 4 is 35.8 Å². The van der Waals surface area contributed by atoms with E-state index in [1.807, 2.05) is 0 Å². The van der Waals surface area contributed by atoms with E-state index in [1.54, 1.807) is 19.0 Å². The third-order valence-corrected chi connectivity index (χ3v) is 4.60. The average molecular weight is 497 g/mol. The van der Waals surface area contributed by atoms with Crippen LogP contribution in [0.25, 0.3) is 0 Å². The largest absolute Gasteiger partial charge is 0.379 e. The van der Waals surface area contributed by atoms with E-state index in [1.165, 1.54) is 19.4 Å². The fourth-order valence-corrected chi connectivity index (χ4v) is 2.97. The van der Waals surface area contributed by atoms with Gasteiger partial charge in [-0.15, -0.1) is 24.0 Å². The summed E-state index contributed by atoms with van der Waals surface area (Å²) in [7, 11) is 3.51. The molecule has 0 bridgehead atoms. The molecule has 0 aromatic heterocycles. The summed E-state index contributed by atoms with van der Waals surface area (Å²) in [6, 6.07) is 0.552. The fraction of sp³-hybridized carbons (Fsp3) is 0.895. The highest BCUT2D eigenvalue weighted by Crippen LogP contribution is 2.15. The van der Waals surface area contributed by atoms with E-state index in [-0.39, 0.29) is 42.5 Å². The molecule has 0 saturated carbocycles. The number of hydrogen-bond acceptors (Lipinski definition) is 4. The van der Waals surface area contributed by atoms with E-state index in [0.29, 0.717) is 6.04 Å². The van der Waals surface area contributed by atoms with Crippen LogP contribution < -0.4 is 10.6 Å². The topological polar surface area (TPSA) is 69.2 Å². The van der Waals surface area contributed by atoms with E-state index < -0.39 is 0 Å². The molecular formula is C19H40IN5O2. The summed E-state index contributed by atoms with van der Waals surface area (Å²) in [6.07, 6.45) is 4.79. The first kappa shape index (κ1) is 26.4. The van der Waals surface area contributed by atoms with Gasteiger partial charge in [-0.25, -0.2) is 4.99 Å². The first-order valence-electron chi connectivity index (χ1n) is 10.0. The van der Waals surface area contributed by atoms with Crippen LogP contribution in [0.3, 0.4) is 0 Å². The number of hydrogen-bond donors (Lipinski definition) is 2. The van der Waals surface area contributed by atoms with E-state index in [2.05, 4.69) is 41.3 Å². The number of amides is 1. The van der Waals surface area contributed by atoms with Crippen molar-refractivity contribution in [2.75, 3.05) is 53.4 Å². The molecule has 2 N–H and O–H groups in total. The third-order valence-electron chi connectivity index (χ3n) is 4.60. The molecule has 1 rings (SSSR count). The van der Waals surface area contributed by atoms with Crippen LogP contribution in [-0.2, 0) is 9.53 Å². The van der Waals surface area contributed by atoms with Crippen molar-refractivity contribution in [2.24, 2.45) is 4.99 Å². The van der Waals surface area contributed by atoms with Gasteiger partial charge in [-0.05, 0) is 52.6 Å². The van der Waals surface area contributed by atoms with Crippen molar-refractivity contribution in [1.29, 1.82) is 0 Å². The number of ether oxygens (including phenoxy) is 1. The Morgan fingerprint density at radius 2 is 2.04 bits per heavy atom. The van der Waals surface area contributed by atoms with Gasteiger partial charge in [0.05, 0.1) is 6.10 Å². The zero-order valence-corrected chi connectivity index (χ0v) is 20.1. The van der Waals surface area contributed by atoms with Gasteiger partial charge in [-0.3, -0.25) is 9.69 Å². The fourth-order valence-electron chi connectivity index (χ4n) is 2.97. The molecule has 1 amide bonds. The lowest BCUT2D eigenvalue weighted by Gasteiger charge is -2.24. The predicted molar refractivity (Wildman–Crippen MR) is 123 cm³/mol. The number of halogens is 1. The van der Waals surface area contributed by atoms with Gasteiger partial charge in [-0.1, -0.05) is 6.92 Å². The highest BCUT2D eigenvalue weighted by Gasteiger charge is 2.22. The molecule has 1 unspecified atom stereocenters. The summed E-state index contributed by atoms with van der Waals surface area (Å²) in [4.78, 5) is 20.3. The molecule has 27 heavy (non-hydrogen) atoms. The molecule has 1 aliphatic rings. The molecule has 1 aliphatic heterocycles. The number of nitrogens with zero attached hydrogens (tertiary/aromatic N) is 3. The minimum atomic E-state index is 0. The zero-order valence-electron chi connectivity index (χ0n) is 17.8. The maximum Gasteiger partial charge on any atom is 0.243 e. The van der Waals surface area contributed by atoms with Crippen molar-refractivity contribution in [2.45, 2.75) is 58.6 Å². The average Bonchev–Trinajstić information content (AvgIpc) is 3.06. The Balaban J connectivity index is 0.00000676. The number of aliphatic imine (C=N–C) groups is 1. The lowest BCUT2D eigenvalue weighted by Crippen LogP contribution is -2.45. The van der Waals surface area contributed by atoms with Crippen molar-refractivity contribution < 1.29 is 9.53 Å². The summed E-state index contributed by atoms with van der Waals surface area (Å²) in [6.45, 7) is 11.2. The van der Waals surface area contributed by atoms with Gasteiger partial charge < -0.3 is 20.3 Å². The van der Waals surface area contributed by atoms with Crippen LogP contribution in [0.4, 0.5) is 0 Å². The second-order valence-corrected chi connectivity index (χ2v) is 7.31. The van der Waals surface area contributed by atoms with E-state index in [9.17, 15) is 4.79 Å². The van der Waals surface area contributed by atoms with Gasteiger partial charge in [0.15, 0.2) is 5.96 Å². The van der Waals surface area contributed by atoms with Gasteiger partial charge in [0.2, 0.25) is 5.91 Å². The number of carbonyl (C=O) groups is 1. The van der Waals surface area contributed by atoms with Gasteiger partial charge >= 0.3 is 0 Å². The standard InChI is InChI=1S/C19H39N5O2.HI/c1-6-24-12-9-10-17(24)14-21-19(22-15-18(25)23(4)5)20-11-7-8-13-26-16(2)3;/h16-17H,6-15H2,1-5H3,(H2,20,21,22);1H. The second kappa shape index (κ2) is 15.3. The maximum absolute atomic E-state index is 11.8. The number of unbranched alkanes of at least 4 members (excludes halogenated alkanes) is 1. The number of guanidine groups is 1. The Bertz CT molecular complexity index is 432.